The lowest BCUT2D eigenvalue weighted by Crippen LogP contribution is -2.47. The number of benzene rings is 1. The minimum Gasteiger partial charge on any atom is -0.505 e. The summed E-state index contributed by atoms with van der Waals surface area (Å²) in [5, 5.41) is 9.22. The Morgan fingerprint density at radius 3 is 2.35 bits per heavy atom. The van der Waals surface area contributed by atoms with Crippen LogP contribution in [0.4, 0.5) is 14.5 Å². The van der Waals surface area contributed by atoms with Gasteiger partial charge in [-0.2, -0.15) is 0 Å². The van der Waals surface area contributed by atoms with Crippen molar-refractivity contribution in [2.75, 3.05) is 37.6 Å². The molecule has 1 saturated carbocycles. The van der Waals surface area contributed by atoms with Crippen molar-refractivity contribution in [2.24, 2.45) is 5.92 Å². The quantitative estimate of drug-likeness (QED) is 0.913. The van der Waals surface area contributed by atoms with Crippen molar-refractivity contribution in [3.8, 4) is 5.75 Å². The van der Waals surface area contributed by atoms with Crippen LogP contribution in [0, 0.1) is 17.6 Å². The van der Waals surface area contributed by atoms with Gasteiger partial charge in [0.2, 0.25) is 0 Å². The predicted octanol–water partition coefficient (Wildman–Crippen LogP) is 3.76. The highest BCUT2D eigenvalue weighted by Crippen LogP contribution is 2.28. The van der Waals surface area contributed by atoms with E-state index in [1.807, 2.05) is 4.90 Å². The van der Waals surface area contributed by atoms with Crippen LogP contribution in [0.25, 0.3) is 0 Å². The highest BCUT2D eigenvalue weighted by atomic mass is 19.1. The molecule has 1 aromatic carbocycles. The Morgan fingerprint density at radius 1 is 0.957 bits per heavy atom. The maximum Gasteiger partial charge on any atom is 0.167 e. The molecule has 1 aliphatic carbocycles. The number of anilines is 1. The van der Waals surface area contributed by atoms with Gasteiger partial charge in [-0.05, 0) is 18.9 Å². The lowest BCUT2D eigenvalue weighted by Gasteiger charge is -2.37. The van der Waals surface area contributed by atoms with E-state index >= 15 is 0 Å². The van der Waals surface area contributed by atoms with Crippen LogP contribution in [0.5, 0.6) is 5.75 Å². The summed E-state index contributed by atoms with van der Waals surface area (Å²) < 4.78 is 27.4. The fourth-order valence-electron chi connectivity index (χ4n) is 3.82. The number of nitrogens with zero attached hydrogens (tertiary/aromatic N) is 2. The third-order valence-electron chi connectivity index (χ3n) is 5.31. The van der Waals surface area contributed by atoms with Gasteiger partial charge >= 0.3 is 0 Å². The smallest absolute Gasteiger partial charge is 0.167 e. The van der Waals surface area contributed by atoms with E-state index in [0.29, 0.717) is 13.1 Å². The van der Waals surface area contributed by atoms with Crippen molar-refractivity contribution in [2.45, 2.75) is 38.5 Å². The zero-order valence-electron chi connectivity index (χ0n) is 13.6. The second-order valence-electron chi connectivity index (χ2n) is 6.88. The molecular formula is C18H26F2N2O. The molecule has 3 rings (SSSR count). The van der Waals surface area contributed by atoms with Crippen molar-refractivity contribution in [3.05, 3.63) is 23.8 Å². The van der Waals surface area contributed by atoms with Gasteiger partial charge in [0, 0.05) is 38.3 Å². The predicted molar refractivity (Wildman–Crippen MR) is 87.9 cm³/mol. The number of halogens is 2. The zero-order chi connectivity index (χ0) is 16.2. The van der Waals surface area contributed by atoms with Gasteiger partial charge in [-0.15, -0.1) is 0 Å². The first-order valence-electron chi connectivity index (χ1n) is 8.79. The molecule has 0 unspecified atom stereocenters. The Morgan fingerprint density at radius 2 is 1.65 bits per heavy atom. The van der Waals surface area contributed by atoms with E-state index in [9.17, 15) is 13.9 Å². The van der Waals surface area contributed by atoms with Gasteiger partial charge in [-0.3, -0.25) is 4.90 Å². The van der Waals surface area contributed by atoms with Crippen molar-refractivity contribution in [3.63, 3.8) is 0 Å². The molecule has 2 fully saturated rings. The largest absolute Gasteiger partial charge is 0.505 e. The molecule has 0 bridgehead atoms. The molecule has 2 aliphatic rings. The number of rotatable bonds is 4. The van der Waals surface area contributed by atoms with Crippen LogP contribution >= 0.6 is 0 Å². The molecule has 1 aromatic rings. The highest BCUT2D eigenvalue weighted by Gasteiger charge is 2.22. The van der Waals surface area contributed by atoms with Crippen molar-refractivity contribution in [1.29, 1.82) is 0 Å². The molecule has 0 amide bonds. The minimum absolute atomic E-state index is 0.257. The fraction of sp³-hybridized carbons (Fsp3) is 0.667. The Hall–Kier alpha value is -1.36. The maximum absolute atomic E-state index is 13.9. The summed E-state index contributed by atoms with van der Waals surface area (Å²) in [5.41, 5.74) is 0.257. The normalized spacial score (nSPS) is 20.9. The Balaban J connectivity index is 1.49. The van der Waals surface area contributed by atoms with Crippen molar-refractivity contribution >= 4 is 5.69 Å². The van der Waals surface area contributed by atoms with Crippen LogP contribution in [0.2, 0.25) is 0 Å². The number of hydrogen-bond donors (Lipinski definition) is 1. The first-order chi connectivity index (χ1) is 11.1. The number of phenols is 1. The standard InChI is InChI=1S/C18H26F2N2O/c19-15-13-18(23)16(20)12-17(15)22-10-8-21(9-11-22)7-6-14-4-2-1-3-5-14/h12-14,23H,1-11H2. The molecule has 1 heterocycles. The van der Waals surface area contributed by atoms with E-state index in [1.165, 1.54) is 38.5 Å². The molecule has 1 aliphatic heterocycles. The molecule has 0 atom stereocenters. The maximum atomic E-state index is 13.9. The molecule has 0 aromatic heterocycles. The fourth-order valence-corrected chi connectivity index (χ4v) is 3.82. The summed E-state index contributed by atoms with van der Waals surface area (Å²) >= 11 is 0. The van der Waals surface area contributed by atoms with Gasteiger partial charge in [0.25, 0.3) is 0 Å². The third-order valence-corrected chi connectivity index (χ3v) is 5.31. The summed E-state index contributed by atoms with van der Waals surface area (Å²) in [6.45, 7) is 4.28. The lowest BCUT2D eigenvalue weighted by atomic mass is 9.87. The summed E-state index contributed by atoms with van der Waals surface area (Å²) in [4.78, 5) is 4.30. The summed E-state index contributed by atoms with van der Waals surface area (Å²) in [7, 11) is 0. The molecule has 5 heteroatoms. The Labute approximate surface area is 136 Å². The lowest BCUT2D eigenvalue weighted by molar-refractivity contribution is 0.221. The number of piperazine rings is 1. The van der Waals surface area contributed by atoms with Gasteiger partial charge in [-0.1, -0.05) is 32.1 Å². The summed E-state index contributed by atoms with van der Waals surface area (Å²) in [5.74, 6) is -1.07. The van der Waals surface area contributed by atoms with Gasteiger partial charge in [0.05, 0.1) is 5.69 Å². The van der Waals surface area contributed by atoms with Crippen LogP contribution in [-0.2, 0) is 0 Å². The van der Waals surface area contributed by atoms with Gasteiger partial charge < -0.3 is 10.0 Å². The number of hydrogen-bond acceptors (Lipinski definition) is 3. The van der Waals surface area contributed by atoms with E-state index in [4.69, 9.17) is 0 Å². The van der Waals surface area contributed by atoms with Gasteiger partial charge in [0.15, 0.2) is 11.6 Å². The minimum atomic E-state index is -0.763. The molecule has 0 spiro atoms. The second-order valence-corrected chi connectivity index (χ2v) is 6.88. The topological polar surface area (TPSA) is 26.7 Å². The van der Waals surface area contributed by atoms with Crippen LogP contribution in [0.15, 0.2) is 12.1 Å². The van der Waals surface area contributed by atoms with Crippen LogP contribution in [0.3, 0.4) is 0 Å². The first-order valence-corrected chi connectivity index (χ1v) is 8.79. The van der Waals surface area contributed by atoms with E-state index in [-0.39, 0.29) is 5.69 Å². The molecule has 1 N–H and O–H groups in total. The van der Waals surface area contributed by atoms with Crippen LogP contribution < -0.4 is 4.90 Å². The average molecular weight is 324 g/mol. The average Bonchev–Trinajstić information content (AvgIpc) is 2.58. The molecule has 1 saturated heterocycles. The molecule has 3 nitrogen and oxygen atoms in total. The highest BCUT2D eigenvalue weighted by molar-refractivity contribution is 5.51. The second kappa shape index (κ2) is 7.47. The summed E-state index contributed by atoms with van der Waals surface area (Å²) in [6.07, 6.45) is 8.16. The van der Waals surface area contributed by atoms with E-state index in [2.05, 4.69) is 4.90 Å². The number of aromatic hydroxyl groups is 1. The SMILES string of the molecule is Oc1cc(F)c(N2CCN(CCC3CCCCC3)CC2)cc1F. The number of phenolic OH excluding ortho intramolecular Hbond substituents is 1. The first kappa shape index (κ1) is 16.5. The van der Waals surface area contributed by atoms with Crippen LogP contribution in [-0.4, -0.2) is 42.7 Å². The molecule has 0 radical (unpaired) electrons. The van der Waals surface area contributed by atoms with Crippen molar-refractivity contribution in [1.82, 2.24) is 4.90 Å². The summed E-state index contributed by atoms with van der Waals surface area (Å²) in [6, 6.07) is 1.96. The Bertz CT molecular complexity index is 524. The third kappa shape index (κ3) is 4.14. The van der Waals surface area contributed by atoms with Gasteiger partial charge in [0.1, 0.15) is 5.82 Å². The zero-order valence-corrected chi connectivity index (χ0v) is 13.6. The van der Waals surface area contributed by atoms with E-state index in [1.54, 1.807) is 0 Å². The molecular weight excluding hydrogens is 298 g/mol. The monoisotopic (exact) mass is 324 g/mol. The molecule has 23 heavy (non-hydrogen) atoms. The molecule has 128 valence electrons. The van der Waals surface area contributed by atoms with Gasteiger partial charge in [-0.25, -0.2) is 8.78 Å². The van der Waals surface area contributed by atoms with Crippen LogP contribution in [0.1, 0.15) is 38.5 Å². The Kier molecular flexibility index (Phi) is 5.36. The van der Waals surface area contributed by atoms with E-state index < -0.39 is 17.4 Å². The van der Waals surface area contributed by atoms with Crippen molar-refractivity contribution < 1.29 is 13.9 Å². The van der Waals surface area contributed by atoms with E-state index in [0.717, 1.165) is 37.7 Å².